The normalized spacial score (nSPS) is 11.1. The van der Waals surface area contributed by atoms with Crippen LogP contribution in [0.25, 0.3) is 0 Å². The van der Waals surface area contributed by atoms with Crippen LogP contribution in [0.3, 0.4) is 0 Å². The van der Waals surface area contributed by atoms with Crippen molar-refractivity contribution in [2.45, 2.75) is 46.1 Å². The maximum absolute atomic E-state index is 11.7. The molecule has 0 aliphatic rings. The first-order chi connectivity index (χ1) is 10.5. The average Bonchev–Trinajstić information content (AvgIpc) is 2.48. The first-order valence-electron chi connectivity index (χ1n) is 7.82. The van der Waals surface area contributed by atoms with Crippen molar-refractivity contribution in [2.24, 2.45) is 5.92 Å². The summed E-state index contributed by atoms with van der Waals surface area (Å²) in [5, 5.41) is 12.5. The van der Waals surface area contributed by atoms with Gasteiger partial charge in [0, 0.05) is 13.0 Å². The molecule has 1 amide bonds. The fourth-order valence-corrected chi connectivity index (χ4v) is 2.05. The van der Waals surface area contributed by atoms with Gasteiger partial charge in [-0.05, 0) is 42.9 Å². The number of hydrogen-bond acceptors (Lipinski definition) is 3. The Morgan fingerprint density at radius 2 is 2.14 bits per heavy atom. The van der Waals surface area contributed by atoms with Gasteiger partial charge in [0.2, 0.25) is 5.91 Å². The van der Waals surface area contributed by atoms with E-state index in [2.05, 4.69) is 31.3 Å². The van der Waals surface area contributed by atoms with Crippen LogP contribution in [-0.2, 0) is 11.3 Å². The van der Waals surface area contributed by atoms with E-state index in [0.717, 1.165) is 24.8 Å². The van der Waals surface area contributed by atoms with E-state index in [1.54, 1.807) is 12.1 Å². The molecular formula is C18H27NO3. The number of unbranched alkanes of at least 4 members (excludes halogenated alkanes) is 2. The summed E-state index contributed by atoms with van der Waals surface area (Å²) < 4.78 is 4.98. The zero-order chi connectivity index (χ0) is 16.4. The summed E-state index contributed by atoms with van der Waals surface area (Å²) >= 11 is 0. The highest BCUT2D eigenvalue weighted by Crippen LogP contribution is 2.26. The molecule has 0 aliphatic heterocycles. The molecule has 0 radical (unpaired) electrons. The molecule has 0 unspecified atom stereocenters. The molecule has 2 N–H and O–H groups in total. The molecule has 1 rings (SSSR count). The van der Waals surface area contributed by atoms with Crippen LogP contribution in [0.4, 0.5) is 0 Å². The van der Waals surface area contributed by atoms with E-state index < -0.39 is 0 Å². The zero-order valence-corrected chi connectivity index (χ0v) is 13.8. The van der Waals surface area contributed by atoms with Crippen LogP contribution in [0.15, 0.2) is 30.4 Å². The van der Waals surface area contributed by atoms with Crippen molar-refractivity contribution < 1.29 is 14.6 Å². The molecule has 4 heteroatoms. The van der Waals surface area contributed by atoms with Crippen LogP contribution >= 0.6 is 0 Å². The highest BCUT2D eigenvalue weighted by atomic mass is 16.5. The van der Waals surface area contributed by atoms with Crippen LogP contribution in [0.5, 0.6) is 11.5 Å². The Hall–Kier alpha value is -1.97. The minimum atomic E-state index is 0.0446. The molecule has 4 nitrogen and oxygen atoms in total. The predicted molar refractivity (Wildman–Crippen MR) is 89.0 cm³/mol. The number of benzene rings is 1. The zero-order valence-electron chi connectivity index (χ0n) is 13.8. The first kappa shape index (κ1) is 18.1. The number of allylic oxidation sites excluding steroid dienone is 2. The topological polar surface area (TPSA) is 58.6 Å². The Bertz CT molecular complexity index is 495. The quantitative estimate of drug-likeness (QED) is 0.539. The van der Waals surface area contributed by atoms with Gasteiger partial charge in [0.1, 0.15) is 0 Å². The molecular weight excluding hydrogens is 278 g/mol. The lowest BCUT2D eigenvalue weighted by Crippen LogP contribution is -2.22. The van der Waals surface area contributed by atoms with Crippen LogP contribution in [0, 0.1) is 5.92 Å². The molecule has 0 fully saturated rings. The summed E-state index contributed by atoms with van der Waals surface area (Å²) in [5.74, 6) is 1.16. The van der Waals surface area contributed by atoms with E-state index in [1.807, 2.05) is 6.07 Å². The second-order valence-electron chi connectivity index (χ2n) is 5.70. The van der Waals surface area contributed by atoms with Crippen molar-refractivity contribution in [2.75, 3.05) is 7.11 Å². The van der Waals surface area contributed by atoms with Gasteiger partial charge in [0.15, 0.2) is 11.5 Å². The SMILES string of the molecule is COc1ccc(CNC(=O)CCCC/C=C/C(C)C)cc1O. The van der Waals surface area contributed by atoms with E-state index in [4.69, 9.17) is 4.74 Å². The summed E-state index contributed by atoms with van der Waals surface area (Å²) in [5.41, 5.74) is 0.853. The van der Waals surface area contributed by atoms with E-state index in [1.165, 1.54) is 7.11 Å². The molecule has 0 aromatic heterocycles. The van der Waals surface area contributed by atoms with Gasteiger partial charge in [0.05, 0.1) is 7.11 Å². The van der Waals surface area contributed by atoms with Crippen molar-refractivity contribution in [3.63, 3.8) is 0 Å². The third-order valence-corrected chi connectivity index (χ3v) is 3.28. The molecule has 1 aromatic rings. The Labute approximate surface area is 133 Å². The molecule has 22 heavy (non-hydrogen) atoms. The van der Waals surface area contributed by atoms with Gasteiger partial charge in [-0.2, -0.15) is 0 Å². The van der Waals surface area contributed by atoms with Crippen LogP contribution in [-0.4, -0.2) is 18.1 Å². The van der Waals surface area contributed by atoms with Gasteiger partial charge in [-0.15, -0.1) is 0 Å². The number of carbonyl (C=O) groups is 1. The van der Waals surface area contributed by atoms with Crippen molar-refractivity contribution in [1.29, 1.82) is 0 Å². The Morgan fingerprint density at radius 1 is 1.36 bits per heavy atom. The largest absolute Gasteiger partial charge is 0.504 e. The number of nitrogens with one attached hydrogen (secondary N) is 1. The van der Waals surface area contributed by atoms with Gasteiger partial charge in [0.25, 0.3) is 0 Å². The lowest BCUT2D eigenvalue weighted by molar-refractivity contribution is -0.121. The number of ether oxygens (including phenoxy) is 1. The second kappa shape index (κ2) is 9.87. The number of phenolic OH excluding ortho intramolecular Hbond substituents is 1. The fourth-order valence-electron chi connectivity index (χ4n) is 2.05. The summed E-state index contributed by atoms with van der Waals surface area (Å²) in [6, 6.07) is 5.13. The van der Waals surface area contributed by atoms with E-state index in [-0.39, 0.29) is 11.7 Å². The van der Waals surface area contributed by atoms with Gasteiger partial charge in [-0.25, -0.2) is 0 Å². The average molecular weight is 305 g/mol. The number of amides is 1. The van der Waals surface area contributed by atoms with E-state index >= 15 is 0 Å². The van der Waals surface area contributed by atoms with Crippen LogP contribution < -0.4 is 10.1 Å². The molecule has 122 valence electrons. The number of phenols is 1. The molecule has 0 heterocycles. The monoisotopic (exact) mass is 305 g/mol. The number of hydrogen-bond donors (Lipinski definition) is 2. The minimum Gasteiger partial charge on any atom is -0.504 e. The Balaban J connectivity index is 2.22. The van der Waals surface area contributed by atoms with Crippen molar-refractivity contribution in [3.05, 3.63) is 35.9 Å². The first-order valence-corrected chi connectivity index (χ1v) is 7.82. The highest BCUT2D eigenvalue weighted by Gasteiger charge is 2.04. The Kier molecular flexibility index (Phi) is 8.11. The Morgan fingerprint density at radius 3 is 2.77 bits per heavy atom. The molecule has 0 atom stereocenters. The molecule has 0 saturated heterocycles. The molecule has 0 saturated carbocycles. The lowest BCUT2D eigenvalue weighted by Gasteiger charge is -2.08. The second-order valence-corrected chi connectivity index (χ2v) is 5.70. The van der Waals surface area contributed by atoms with Gasteiger partial charge >= 0.3 is 0 Å². The van der Waals surface area contributed by atoms with Gasteiger partial charge in [-0.3, -0.25) is 4.79 Å². The number of rotatable bonds is 9. The summed E-state index contributed by atoms with van der Waals surface area (Å²) in [6.07, 6.45) is 7.86. The molecule has 0 aliphatic carbocycles. The van der Waals surface area contributed by atoms with Crippen molar-refractivity contribution in [1.82, 2.24) is 5.32 Å². The number of aromatic hydroxyl groups is 1. The maximum Gasteiger partial charge on any atom is 0.220 e. The predicted octanol–water partition coefficient (Wildman–Crippen LogP) is 3.79. The van der Waals surface area contributed by atoms with Gasteiger partial charge < -0.3 is 15.2 Å². The lowest BCUT2D eigenvalue weighted by atomic mass is 10.1. The van der Waals surface area contributed by atoms with E-state index in [0.29, 0.717) is 24.6 Å². The fraction of sp³-hybridized carbons (Fsp3) is 0.500. The van der Waals surface area contributed by atoms with Crippen LogP contribution in [0.1, 0.15) is 45.1 Å². The third-order valence-electron chi connectivity index (χ3n) is 3.28. The van der Waals surface area contributed by atoms with Crippen molar-refractivity contribution in [3.8, 4) is 11.5 Å². The smallest absolute Gasteiger partial charge is 0.220 e. The van der Waals surface area contributed by atoms with E-state index in [9.17, 15) is 9.90 Å². The molecule has 0 spiro atoms. The minimum absolute atomic E-state index is 0.0446. The highest BCUT2D eigenvalue weighted by molar-refractivity contribution is 5.75. The number of methoxy groups -OCH3 is 1. The summed E-state index contributed by atoms with van der Waals surface area (Å²) in [7, 11) is 1.51. The molecule has 1 aromatic carbocycles. The summed E-state index contributed by atoms with van der Waals surface area (Å²) in [4.78, 5) is 11.7. The van der Waals surface area contributed by atoms with Crippen molar-refractivity contribution >= 4 is 5.91 Å². The number of carbonyl (C=O) groups excluding carboxylic acids is 1. The standard InChI is InChI=1S/C18H27NO3/c1-14(2)8-6-4-5-7-9-18(21)19-13-15-10-11-17(22-3)16(20)12-15/h6,8,10-12,14,20H,4-5,7,9,13H2,1-3H3,(H,19,21)/b8-6+. The third kappa shape index (κ3) is 7.16. The van der Waals surface area contributed by atoms with Gasteiger partial charge in [-0.1, -0.05) is 32.1 Å². The summed E-state index contributed by atoms with van der Waals surface area (Å²) in [6.45, 7) is 4.73. The molecule has 0 bridgehead atoms. The maximum atomic E-state index is 11.7. The van der Waals surface area contributed by atoms with Crippen LogP contribution in [0.2, 0.25) is 0 Å².